The van der Waals surface area contributed by atoms with Gasteiger partial charge in [0.1, 0.15) is 5.82 Å². The van der Waals surface area contributed by atoms with Gasteiger partial charge in [0.15, 0.2) is 4.77 Å². The molecule has 0 spiro atoms. The molecule has 0 saturated carbocycles. The number of rotatable bonds is 5. The van der Waals surface area contributed by atoms with Gasteiger partial charge in [-0.05, 0) is 37.5 Å². The summed E-state index contributed by atoms with van der Waals surface area (Å²) in [6.45, 7) is 4.30. The summed E-state index contributed by atoms with van der Waals surface area (Å²) in [5.41, 5.74) is 1.37. The second-order valence-corrected chi connectivity index (χ2v) is 4.93. The predicted octanol–water partition coefficient (Wildman–Crippen LogP) is 3.70. The first-order chi connectivity index (χ1) is 8.72. The standard InChI is InChI=1S/C14H19N3S/c1-3-13-15-16-14(18)17(13)11(2)9-10-12-7-5-4-6-8-12/h4-8,11H,3,9-10H2,1-2H3,(H,16,18). The van der Waals surface area contributed by atoms with E-state index in [1.165, 1.54) is 5.56 Å². The first kappa shape index (κ1) is 13.0. The first-order valence-corrected chi connectivity index (χ1v) is 6.83. The number of aromatic nitrogens is 3. The molecule has 1 N–H and O–H groups in total. The predicted molar refractivity (Wildman–Crippen MR) is 76.3 cm³/mol. The SMILES string of the molecule is CCc1n[nH]c(=S)n1C(C)CCc1ccccc1. The molecule has 1 heterocycles. The van der Waals surface area contributed by atoms with Crippen molar-refractivity contribution in [3.63, 3.8) is 0 Å². The summed E-state index contributed by atoms with van der Waals surface area (Å²) in [5, 5.41) is 7.14. The maximum absolute atomic E-state index is 5.29. The number of nitrogens with one attached hydrogen (secondary N) is 1. The van der Waals surface area contributed by atoms with Gasteiger partial charge in [0.25, 0.3) is 0 Å². The number of hydrogen-bond donors (Lipinski definition) is 1. The Morgan fingerprint density at radius 3 is 2.72 bits per heavy atom. The fourth-order valence-electron chi connectivity index (χ4n) is 2.19. The molecule has 96 valence electrons. The maximum atomic E-state index is 5.29. The third-order valence-corrected chi connectivity index (χ3v) is 3.52. The van der Waals surface area contributed by atoms with Gasteiger partial charge < -0.3 is 4.57 Å². The van der Waals surface area contributed by atoms with Gasteiger partial charge in [-0.25, -0.2) is 0 Å². The van der Waals surface area contributed by atoms with E-state index in [4.69, 9.17) is 12.2 Å². The Kier molecular flexibility index (Phi) is 4.31. The molecular formula is C14H19N3S. The molecule has 2 rings (SSSR count). The van der Waals surface area contributed by atoms with Crippen molar-refractivity contribution in [2.24, 2.45) is 0 Å². The van der Waals surface area contributed by atoms with Crippen LogP contribution in [0.5, 0.6) is 0 Å². The molecule has 3 nitrogen and oxygen atoms in total. The monoisotopic (exact) mass is 261 g/mol. The Balaban J connectivity index is 2.06. The minimum Gasteiger partial charge on any atom is -0.301 e. The molecule has 1 atom stereocenters. The summed E-state index contributed by atoms with van der Waals surface area (Å²) in [7, 11) is 0. The van der Waals surface area contributed by atoms with Gasteiger partial charge in [-0.2, -0.15) is 5.10 Å². The highest BCUT2D eigenvalue weighted by molar-refractivity contribution is 7.71. The van der Waals surface area contributed by atoms with E-state index in [0.717, 1.165) is 29.9 Å². The molecule has 0 aliphatic carbocycles. The molecule has 1 aromatic carbocycles. The van der Waals surface area contributed by atoms with E-state index in [1.807, 2.05) is 6.07 Å². The summed E-state index contributed by atoms with van der Waals surface area (Å²) in [4.78, 5) is 0. The van der Waals surface area contributed by atoms with Crippen LogP contribution >= 0.6 is 12.2 Å². The third-order valence-electron chi connectivity index (χ3n) is 3.23. The molecule has 1 unspecified atom stereocenters. The smallest absolute Gasteiger partial charge is 0.195 e. The molecule has 0 radical (unpaired) electrons. The quantitative estimate of drug-likeness (QED) is 0.833. The summed E-state index contributed by atoms with van der Waals surface area (Å²) in [6.07, 6.45) is 3.05. The number of aryl methyl sites for hydroxylation is 2. The van der Waals surface area contributed by atoms with Crippen molar-refractivity contribution in [2.75, 3.05) is 0 Å². The second kappa shape index (κ2) is 5.96. The minimum absolute atomic E-state index is 0.381. The number of benzene rings is 1. The number of hydrogen-bond acceptors (Lipinski definition) is 2. The molecule has 0 bridgehead atoms. The highest BCUT2D eigenvalue weighted by atomic mass is 32.1. The van der Waals surface area contributed by atoms with Crippen molar-refractivity contribution in [1.29, 1.82) is 0 Å². The summed E-state index contributed by atoms with van der Waals surface area (Å²) in [6, 6.07) is 10.9. The molecule has 1 aromatic heterocycles. The molecule has 18 heavy (non-hydrogen) atoms. The highest BCUT2D eigenvalue weighted by Crippen LogP contribution is 2.17. The Bertz CT molecular complexity index is 542. The molecule has 4 heteroatoms. The van der Waals surface area contributed by atoms with Crippen molar-refractivity contribution >= 4 is 12.2 Å². The van der Waals surface area contributed by atoms with Gasteiger partial charge in [-0.15, -0.1) is 0 Å². The van der Waals surface area contributed by atoms with E-state index >= 15 is 0 Å². The van der Waals surface area contributed by atoms with E-state index in [0.29, 0.717) is 6.04 Å². The van der Waals surface area contributed by atoms with Gasteiger partial charge in [0.05, 0.1) is 0 Å². The Hall–Kier alpha value is -1.42. The largest absolute Gasteiger partial charge is 0.301 e. The molecule has 0 amide bonds. The topological polar surface area (TPSA) is 33.6 Å². The van der Waals surface area contributed by atoms with E-state index in [2.05, 4.69) is 52.9 Å². The van der Waals surface area contributed by atoms with Gasteiger partial charge >= 0.3 is 0 Å². The average molecular weight is 261 g/mol. The van der Waals surface area contributed by atoms with Crippen LogP contribution in [0.15, 0.2) is 30.3 Å². The van der Waals surface area contributed by atoms with E-state index in [1.54, 1.807) is 0 Å². The lowest BCUT2D eigenvalue weighted by Gasteiger charge is -2.15. The van der Waals surface area contributed by atoms with Crippen LogP contribution in [-0.2, 0) is 12.8 Å². The summed E-state index contributed by atoms with van der Waals surface area (Å²) >= 11 is 5.29. The Morgan fingerprint density at radius 1 is 1.33 bits per heavy atom. The van der Waals surface area contributed by atoms with Crippen LogP contribution in [0.3, 0.4) is 0 Å². The van der Waals surface area contributed by atoms with Crippen LogP contribution in [0.1, 0.15) is 37.7 Å². The molecule has 0 saturated heterocycles. The fraction of sp³-hybridized carbons (Fsp3) is 0.429. The first-order valence-electron chi connectivity index (χ1n) is 6.42. The van der Waals surface area contributed by atoms with Crippen LogP contribution in [-0.4, -0.2) is 14.8 Å². The van der Waals surface area contributed by atoms with Gasteiger partial charge in [0.2, 0.25) is 0 Å². The van der Waals surface area contributed by atoms with Crippen molar-refractivity contribution < 1.29 is 0 Å². The summed E-state index contributed by atoms with van der Waals surface area (Å²) < 4.78 is 2.87. The molecule has 0 fully saturated rings. The second-order valence-electron chi connectivity index (χ2n) is 4.54. The highest BCUT2D eigenvalue weighted by Gasteiger charge is 2.11. The zero-order chi connectivity index (χ0) is 13.0. The lowest BCUT2D eigenvalue weighted by atomic mass is 10.1. The van der Waals surface area contributed by atoms with Crippen molar-refractivity contribution in [1.82, 2.24) is 14.8 Å². The Labute approximate surface area is 113 Å². The van der Waals surface area contributed by atoms with Crippen LogP contribution in [0.2, 0.25) is 0 Å². The normalized spacial score (nSPS) is 12.6. The summed E-state index contributed by atoms with van der Waals surface area (Å²) in [5.74, 6) is 1.04. The van der Waals surface area contributed by atoms with E-state index in [-0.39, 0.29) is 0 Å². The van der Waals surface area contributed by atoms with Crippen LogP contribution in [0.25, 0.3) is 0 Å². The van der Waals surface area contributed by atoms with Gasteiger partial charge in [-0.1, -0.05) is 37.3 Å². The van der Waals surface area contributed by atoms with Crippen LogP contribution in [0.4, 0.5) is 0 Å². The van der Waals surface area contributed by atoms with Gasteiger partial charge in [0, 0.05) is 12.5 Å². The molecule has 2 aromatic rings. The van der Waals surface area contributed by atoms with Crippen LogP contribution < -0.4 is 0 Å². The molecule has 0 aliphatic heterocycles. The number of aromatic amines is 1. The maximum Gasteiger partial charge on any atom is 0.195 e. The Morgan fingerprint density at radius 2 is 2.06 bits per heavy atom. The van der Waals surface area contributed by atoms with Crippen LogP contribution in [0, 0.1) is 4.77 Å². The van der Waals surface area contributed by atoms with Gasteiger partial charge in [-0.3, -0.25) is 5.10 Å². The number of H-pyrrole nitrogens is 1. The van der Waals surface area contributed by atoms with E-state index in [9.17, 15) is 0 Å². The fourth-order valence-corrected chi connectivity index (χ4v) is 2.52. The molecule has 0 aliphatic rings. The van der Waals surface area contributed by atoms with Crippen molar-refractivity contribution in [2.45, 2.75) is 39.2 Å². The third kappa shape index (κ3) is 2.88. The zero-order valence-corrected chi connectivity index (χ0v) is 11.7. The number of nitrogens with zero attached hydrogens (tertiary/aromatic N) is 2. The lowest BCUT2D eigenvalue weighted by molar-refractivity contribution is 0.484. The molecular weight excluding hydrogens is 242 g/mol. The minimum atomic E-state index is 0.381. The average Bonchev–Trinajstić information content (AvgIpc) is 2.78. The zero-order valence-electron chi connectivity index (χ0n) is 10.9. The lowest BCUT2D eigenvalue weighted by Crippen LogP contribution is -2.10. The van der Waals surface area contributed by atoms with Crippen molar-refractivity contribution in [3.05, 3.63) is 46.5 Å². The van der Waals surface area contributed by atoms with Crippen molar-refractivity contribution in [3.8, 4) is 0 Å². The van der Waals surface area contributed by atoms with E-state index < -0.39 is 0 Å².